The summed E-state index contributed by atoms with van der Waals surface area (Å²) in [7, 11) is 1.59. The first-order valence-electron chi connectivity index (χ1n) is 11.3. The van der Waals surface area contributed by atoms with Gasteiger partial charge in [0.25, 0.3) is 5.91 Å². The maximum Gasteiger partial charge on any atom is 0.251 e. The number of thioether (sulfide) groups is 1. The zero-order chi connectivity index (χ0) is 26.0. The van der Waals surface area contributed by atoms with Crippen molar-refractivity contribution >= 4 is 35.2 Å². The molecule has 0 bridgehead atoms. The van der Waals surface area contributed by atoms with Crippen LogP contribution in [0.4, 0.5) is 14.5 Å². The average Bonchev–Trinajstić information content (AvgIpc) is 2.94. The van der Waals surface area contributed by atoms with Gasteiger partial charge in [-0.05, 0) is 42.3 Å². The van der Waals surface area contributed by atoms with Gasteiger partial charge in [0.05, 0.1) is 23.4 Å². The molecule has 0 fully saturated rings. The molecule has 3 amide bonds. The Morgan fingerprint density at radius 3 is 2.28 bits per heavy atom. The summed E-state index contributed by atoms with van der Waals surface area (Å²) in [5, 5.41) is -0.652. The molecule has 3 aromatic carbocycles. The van der Waals surface area contributed by atoms with Crippen LogP contribution >= 0.6 is 11.8 Å². The zero-order valence-corrected chi connectivity index (χ0v) is 20.5. The lowest BCUT2D eigenvalue weighted by Gasteiger charge is -2.35. The molecule has 36 heavy (non-hydrogen) atoms. The van der Waals surface area contributed by atoms with Gasteiger partial charge < -0.3 is 10.6 Å². The van der Waals surface area contributed by atoms with Crippen molar-refractivity contribution < 1.29 is 23.2 Å². The fourth-order valence-electron chi connectivity index (χ4n) is 4.23. The Labute approximate surface area is 212 Å². The van der Waals surface area contributed by atoms with Crippen LogP contribution in [-0.4, -0.2) is 41.8 Å². The molecule has 1 heterocycles. The fourth-order valence-corrected chi connectivity index (χ4v) is 5.64. The molecule has 1 aliphatic heterocycles. The van der Waals surface area contributed by atoms with Crippen LogP contribution in [0.2, 0.25) is 0 Å². The Morgan fingerprint density at radius 1 is 1.03 bits per heavy atom. The summed E-state index contributed by atoms with van der Waals surface area (Å²) >= 11 is 1.36. The van der Waals surface area contributed by atoms with Crippen LogP contribution in [0.3, 0.4) is 0 Å². The molecule has 0 radical (unpaired) electrons. The minimum absolute atomic E-state index is 0.0431. The maximum absolute atomic E-state index is 13.9. The van der Waals surface area contributed by atoms with E-state index in [-0.39, 0.29) is 5.56 Å². The lowest BCUT2D eigenvalue weighted by molar-refractivity contribution is -0.151. The van der Waals surface area contributed by atoms with Crippen molar-refractivity contribution in [2.45, 2.75) is 35.6 Å². The number of rotatable bonds is 5. The first-order chi connectivity index (χ1) is 17.2. The predicted octanol–water partition coefficient (Wildman–Crippen LogP) is 4.09. The van der Waals surface area contributed by atoms with Gasteiger partial charge in [0.1, 0.15) is 17.7 Å². The molecule has 0 saturated carbocycles. The largest absolute Gasteiger partial charge is 0.320 e. The highest BCUT2D eigenvalue weighted by Gasteiger charge is 2.45. The number of fused-ring (bicyclic) bond motifs is 1. The van der Waals surface area contributed by atoms with E-state index in [1.807, 2.05) is 42.5 Å². The second-order valence-electron chi connectivity index (χ2n) is 8.60. The Kier molecular flexibility index (Phi) is 7.51. The van der Waals surface area contributed by atoms with Gasteiger partial charge in [-0.3, -0.25) is 19.3 Å². The Bertz CT molecular complexity index is 1280. The molecule has 4 rings (SSSR count). The summed E-state index contributed by atoms with van der Waals surface area (Å²) in [6.45, 7) is 1.43. The molecule has 0 saturated heterocycles. The van der Waals surface area contributed by atoms with Gasteiger partial charge in [-0.15, -0.1) is 11.8 Å². The summed E-state index contributed by atoms with van der Waals surface area (Å²) in [5.74, 6) is -3.70. The van der Waals surface area contributed by atoms with Crippen LogP contribution in [0.25, 0.3) is 0 Å². The SMILES string of the molecule is C[C@H](N)C(=O)N(C(=O)Cc1cc(F)cc(F)c1)[C@@H]1C(=O)N(C)c2ccccc2S[C@@H]1c1ccccc1. The predicted molar refractivity (Wildman–Crippen MR) is 134 cm³/mol. The third-order valence-electron chi connectivity index (χ3n) is 5.93. The first kappa shape index (κ1) is 25.5. The number of benzene rings is 3. The molecule has 6 nitrogen and oxygen atoms in total. The fraction of sp³-hybridized carbons (Fsp3) is 0.222. The third-order valence-corrected chi connectivity index (χ3v) is 7.31. The molecule has 2 N–H and O–H groups in total. The number of nitrogens with two attached hydrogens (primary N) is 1. The molecule has 3 atom stereocenters. The van der Waals surface area contributed by atoms with Gasteiger partial charge in [-0.25, -0.2) is 8.78 Å². The van der Waals surface area contributed by atoms with E-state index >= 15 is 0 Å². The lowest BCUT2D eigenvalue weighted by atomic mass is 10.00. The maximum atomic E-state index is 13.9. The normalized spacial score (nSPS) is 18.2. The van der Waals surface area contributed by atoms with E-state index in [9.17, 15) is 23.2 Å². The molecular weight excluding hydrogens is 484 g/mol. The number of hydrogen-bond acceptors (Lipinski definition) is 5. The first-order valence-corrected chi connectivity index (χ1v) is 12.2. The molecule has 9 heteroatoms. The van der Waals surface area contributed by atoms with Crippen molar-refractivity contribution in [2.75, 3.05) is 11.9 Å². The molecular formula is C27H25F2N3O3S. The summed E-state index contributed by atoms with van der Waals surface area (Å²) in [4.78, 5) is 44.0. The summed E-state index contributed by atoms with van der Waals surface area (Å²) in [6, 6.07) is 16.8. The van der Waals surface area contributed by atoms with Crippen LogP contribution in [0.15, 0.2) is 77.7 Å². The third kappa shape index (κ3) is 5.17. The molecule has 0 aromatic heterocycles. The Balaban J connectivity index is 1.84. The second-order valence-corrected chi connectivity index (χ2v) is 9.79. The van der Waals surface area contributed by atoms with Crippen molar-refractivity contribution in [3.63, 3.8) is 0 Å². The molecule has 0 unspecified atom stereocenters. The zero-order valence-electron chi connectivity index (χ0n) is 19.7. The summed E-state index contributed by atoms with van der Waals surface area (Å²) in [6.07, 6.45) is -0.486. The van der Waals surface area contributed by atoms with Crippen molar-refractivity contribution in [1.29, 1.82) is 0 Å². The molecule has 186 valence electrons. The van der Waals surface area contributed by atoms with Gasteiger partial charge >= 0.3 is 0 Å². The van der Waals surface area contributed by atoms with Crippen molar-refractivity contribution in [3.05, 3.63) is 95.6 Å². The quantitative estimate of drug-likeness (QED) is 0.560. The lowest BCUT2D eigenvalue weighted by Crippen LogP contribution is -2.58. The van der Waals surface area contributed by atoms with E-state index in [0.29, 0.717) is 11.8 Å². The number of anilines is 1. The molecule has 0 spiro atoms. The Morgan fingerprint density at radius 2 is 1.64 bits per heavy atom. The standard InChI is InChI=1S/C27H25F2N3O3S/c1-16(30)26(34)32(23(33)14-17-12-19(28)15-20(29)13-17)24-25(18-8-4-3-5-9-18)36-22-11-7-6-10-21(22)31(2)27(24)35/h3-13,15-16,24-25H,14,30H2,1-2H3/t16-,24-,25+/m0/s1. The van der Waals surface area contributed by atoms with E-state index in [2.05, 4.69) is 0 Å². The van der Waals surface area contributed by atoms with Crippen molar-refractivity contribution in [2.24, 2.45) is 5.73 Å². The van der Waals surface area contributed by atoms with Crippen LogP contribution in [0.1, 0.15) is 23.3 Å². The molecule has 1 aliphatic rings. The number of para-hydroxylation sites is 1. The van der Waals surface area contributed by atoms with E-state index in [1.54, 1.807) is 19.2 Å². The number of amides is 3. The number of likely N-dealkylation sites (N-methyl/N-ethyl adjacent to an activating group) is 1. The number of nitrogens with zero attached hydrogens (tertiary/aromatic N) is 2. The molecule has 0 aliphatic carbocycles. The average molecular weight is 510 g/mol. The van der Waals surface area contributed by atoms with Gasteiger partial charge in [-0.1, -0.05) is 42.5 Å². The minimum atomic E-state index is -1.25. The monoisotopic (exact) mass is 509 g/mol. The van der Waals surface area contributed by atoms with Crippen LogP contribution < -0.4 is 10.6 Å². The minimum Gasteiger partial charge on any atom is -0.320 e. The van der Waals surface area contributed by atoms with E-state index in [0.717, 1.165) is 27.5 Å². The number of imide groups is 1. The number of hydrogen-bond donors (Lipinski definition) is 1. The van der Waals surface area contributed by atoms with Gasteiger partial charge in [0, 0.05) is 18.0 Å². The highest BCUT2D eigenvalue weighted by atomic mass is 32.2. The second kappa shape index (κ2) is 10.6. The number of carbonyl (C=O) groups is 3. The van der Waals surface area contributed by atoms with Crippen LogP contribution in [0.5, 0.6) is 0 Å². The number of halogens is 2. The number of carbonyl (C=O) groups excluding carboxylic acids is 3. The van der Waals surface area contributed by atoms with Gasteiger partial charge in [-0.2, -0.15) is 0 Å². The smallest absolute Gasteiger partial charge is 0.251 e. The summed E-state index contributed by atoms with van der Waals surface area (Å²) in [5.41, 5.74) is 7.34. The summed E-state index contributed by atoms with van der Waals surface area (Å²) < 4.78 is 27.6. The van der Waals surface area contributed by atoms with E-state index in [1.165, 1.54) is 23.6 Å². The topological polar surface area (TPSA) is 83.7 Å². The van der Waals surface area contributed by atoms with Crippen LogP contribution in [-0.2, 0) is 20.8 Å². The van der Waals surface area contributed by atoms with Crippen LogP contribution in [0, 0.1) is 11.6 Å². The highest BCUT2D eigenvalue weighted by Crippen LogP contribution is 2.47. The van der Waals surface area contributed by atoms with E-state index in [4.69, 9.17) is 5.73 Å². The van der Waals surface area contributed by atoms with Crippen molar-refractivity contribution in [3.8, 4) is 0 Å². The molecule has 3 aromatic rings. The van der Waals surface area contributed by atoms with E-state index < -0.39 is 53.1 Å². The van der Waals surface area contributed by atoms with Gasteiger partial charge in [0.2, 0.25) is 11.8 Å². The van der Waals surface area contributed by atoms with Crippen molar-refractivity contribution in [1.82, 2.24) is 4.90 Å². The van der Waals surface area contributed by atoms with Gasteiger partial charge in [0.15, 0.2) is 0 Å². The highest BCUT2D eigenvalue weighted by molar-refractivity contribution is 7.99. The Hall–Kier alpha value is -3.56.